The van der Waals surface area contributed by atoms with E-state index in [4.69, 9.17) is 4.74 Å². The van der Waals surface area contributed by atoms with Crippen LogP contribution in [0.15, 0.2) is 24.3 Å². The Kier molecular flexibility index (Phi) is 5.83. The summed E-state index contributed by atoms with van der Waals surface area (Å²) in [6, 6.07) is 9.65. The Hall–Kier alpha value is -0.900. The highest BCUT2D eigenvalue weighted by molar-refractivity contribution is 5.25. The number of ether oxygens (including phenoxy) is 1. The Morgan fingerprint density at radius 2 is 1.89 bits per heavy atom. The van der Waals surface area contributed by atoms with Gasteiger partial charge in [-0.15, -0.1) is 0 Å². The van der Waals surface area contributed by atoms with Crippen molar-refractivity contribution in [3.63, 3.8) is 0 Å². The normalized spacial score (nSPS) is 18.4. The van der Waals surface area contributed by atoms with Crippen LogP contribution in [0.1, 0.15) is 30.5 Å². The van der Waals surface area contributed by atoms with Gasteiger partial charge in [0.15, 0.2) is 0 Å². The van der Waals surface area contributed by atoms with Crippen molar-refractivity contribution in [3.8, 4) is 0 Å². The molecule has 1 atom stereocenters. The summed E-state index contributed by atoms with van der Waals surface area (Å²) in [5, 5.41) is 3.27. The van der Waals surface area contributed by atoms with Crippen LogP contribution in [0.5, 0.6) is 0 Å². The Bertz CT molecular complexity index is 358. The number of benzene rings is 1. The molecule has 1 aromatic carbocycles. The van der Waals surface area contributed by atoms with Gasteiger partial charge in [-0.3, -0.25) is 4.90 Å². The highest BCUT2D eigenvalue weighted by atomic mass is 16.5. The van der Waals surface area contributed by atoms with Gasteiger partial charge in [-0.25, -0.2) is 0 Å². The number of morpholine rings is 1. The molecule has 1 aliphatic heterocycles. The summed E-state index contributed by atoms with van der Waals surface area (Å²) in [6.07, 6.45) is 2.26. The van der Waals surface area contributed by atoms with E-state index in [2.05, 4.69) is 41.4 Å². The van der Waals surface area contributed by atoms with E-state index < -0.39 is 0 Å². The van der Waals surface area contributed by atoms with Crippen molar-refractivity contribution >= 4 is 0 Å². The highest BCUT2D eigenvalue weighted by Crippen LogP contribution is 2.25. The van der Waals surface area contributed by atoms with Gasteiger partial charge in [0.25, 0.3) is 0 Å². The Balaban J connectivity index is 2.10. The molecule has 1 fully saturated rings. The van der Waals surface area contributed by atoms with Crippen LogP contribution in [0.3, 0.4) is 0 Å². The summed E-state index contributed by atoms with van der Waals surface area (Å²) >= 11 is 0. The monoisotopic (exact) mass is 262 g/mol. The molecule has 3 nitrogen and oxygen atoms in total. The van der Waals surface area contributed by atoms with Crippen LogP contribution < -0.4 is 5.32 Å². The first-order valence-electron chi connectivity index (χ1n) is 7.40. The summed E-state index contributed by atoms with van der Waals surface area (Å²) < 4.78 is 5.47. The molecule has 0 aromatic heterocycles. The summed E-state index contributed by atoms with van der Waals surface area (Å²) in [5.41, 5.74) is 2.85. The molecule has 2 rings (SSSR count). The molecule has 1 N–H and O–H groups in total. The van der Waals surface area contributed by atoms with Crippen molar-refractivity contribution in [1.82, 2.24) is 10.2 Å². The lowest BCUT2D eigenvalue weighted by molar-refractivity contribution is 0.0144. The molecule has 0 aliphatic carbocycles. The lowest BCUT2D eigenvalue weighted by Crippen LogP contribution is -2.40. The van der Waals surface area contributed by atoms with Crippen molar-refractivity contribution in [3.05, 3.63) is 35.4 Å². The van der Waals surface area contributed by atoms with Gasteiger partial charge in [-0.05, 0) is 37.6 Å². The van der Waals surface area contributed by atoms with Gasteiger partial charge >= 0.3 is 0 Å². The SMILES string of the molecule is CCc1ccc(C(CCNC)N2CCOCC2)cc1. The lowest BCUT2D eigenvalue weighted by atomic mass is 9.99. The number of rotatable bonds is 6. The minimum atomic E-state index is 0.516. The summed E-state index contributed by atoms with van der Waals surface area (Å²) in [7, 11) is 2.02. The fourth-order valence-electron chi connectivity index (χ4n) is 2.71. The van der Waals surface area contributed by atoms with Crippen LogP contribution in [0.4, 0.5) is 0 Å². The molecular formula is C16H26N2O. The molecule has 0 amide bonds. The van der Waals surface area contributed by atoms with Crippen molar-refractivity contribution in [2.75, 3.05) is 39.9 Å². The number of hydrogen-bond acceptors (Lipinski definition) is 3. The number of nitrogens with one attached hydrogen (secondary N) is 1. The van der Waals surface area contributed by atoms with Crippen molar-refractivity contribution in [1.29, 1.82) is 0 Å². The average Bonchev–Trinajstić information content (AvgIpc) is 2.49. The first-order chi connectivity index (χ1) is 9.35. The third kappa shape index (κ3) is 4.03. The number of aryl methyl sites for hydroxylation is 1. The molecule has 1 heterocycles. The Morgan fingerprint density at radius 1 is 1.21 bits per heavy atom. The second-order valence-electron chi connectivity index (χ2n) is 5.15. The van der Waals surface area contributed by atoms with Crippen LogP contribution in [0.25, 0.3) is 0 Å². The largest absolute Gasteiger partial charge is 0.379 e. The second kappa shape index (κ2) is 7.63. The maximum Gasteiger partial charge on any atom is 0.0594 e. The molecular weight excluding hydrogens is 236 g/mol. The standard InChI is InChI=1S/C16H26N2O/c1-3-14-4-6-15(7-5-14)16(8-9-17-2)18-10-12-19-13-11-18/h4-7,16-17H,3,8-13H2,1-2H3. The Morgan fingerprint density at radius 3 is 2.47 bits per heavy atom. The molecule has 0 saturated carbocycles. The minimum absolute atomic E-state index is 0.516. The molecule has 3 heteroatoms. The molecule has 19 heavy (non-hydrogen) atoms. The minimum Gasteiger partial charge on any atom is -0.379 e. The van der Waals surface area contributed by atoms with E-state index in [0.717, 1.165) is 45.7 Å². The second-order valence-corrected chi connectivity index (χ2v) is 5.15. The summed E-state index contributed by atoms with van der Waals surface area (Å²) in [5.74, 6) is 0. The predicted octanol–water partition coefficient (Wildman–Crippen LogP) is 2.23. The van der Waals surface area contributed by atoms with Crippen molar-refractivity contribution in [2.24, 2.45) is 0 Å². The van der Waals surface area contributed by atoms with Gasteiger partial charge in [-0.2, -0.15) is 0 Å². The maximum atomic E-state index is 5.47. The quantitative estimate of drug-likeness (QED) is 0.851. The molecule has 1 aromatic rings. The van der Waals surface area contributed by atoms with Gasteiger partial charge < -0.3 is 10.1 Å². The third-order valence-corrected chi connectivity index (χ3v) is 3.93. The fourth-order valence-corrected chi connectivity index (χ4v) is 2.71. The molecule has 1 unspecified atom stereocenters. The zero-order valence-electron chi connectivity index (χ0n) is 12.2. The molecule has 106 valence electrons. The zero-order chi connectivity index (χ0) is 13.5. The van der Waals surface area contributed by atoms with Crippen molar-refractivity contribution in [2.45, 2.75) is 25.8 Å². The lowest BCUT2D eigenvalue weighted by Gasteiger charge is -2.35. The molecule has 0 radical (unpaired) electrons. The number of hydrogen-bond donors (Lipinski definition) is 1. The zero-order valence-corrected chi connectivity index (χ0v) is 12.2. The molecule has 0 spiro atoms. The van der Waals surface area contributed by atoms with Gasteiger partial charge in [-0.1, -0.05) is 31.2 Å². The van der Waals surface area contributed by atoms with Crippen LogP contribution in [-0.2, 0) is 11.2 Å². The number of nitrogens with zero attached hydrogens (tertiary/aromatic N) is 1. The van der Waals surface area contributed by atoms with Crippen LogP contribution >= 0.6 is 0 Å². The van der Waals surface area contributed by atoms with Gasteiger partial charge in [0, 0.05) is 19.1 Å². The fraction of sp³-hybridized carbons (Fsp3) is 0.625. The van der Waals surface area contributed by atoms with Gasteiger partial charge in [0.2, 0.25) is 0 Å². The van der Waals surface area contributed by atoms with E-state index in [1.807, 2.05) is 7.05 Å². The third-order valence-electron chi connectivity index (χ3n) is 3.93. The predicted molar refractivity (Wildman–Crippen MR) is 79.5 cm³/mol. The van der Waals surface area contributed by atoms with Crippen LogP contribution in [-0.4, -0.2) is 44.8 Å². The smallest absolute Gasteiger partial charge is 0.0594 e. The average molecular weight is 262 g/mol. The summed E-state index contributed by atoms with van der Waals surface area (Å²) in [4.78, 5) is 2.56. The van der Waals surface area contributed by atoms with E-state index in [9.17, 15) is 0 Å². The van der Waals surface area contributed by atoms with E-state index in [1.165, 1.54) is 11.1 Å². The van der Waals surface area contributed by atoms with Crippen molar-refractivity contribution < 1.29 is 4.74 Å². The highest BCUT2D eigenvalue weighted by Gasteiger charge is 2.21. The molecule has 0 bridgehead atoms. The van der Waals surface area contributed by atoms with E-state index >= 15 is 0 Å². The van der Waals surface area contributed by atoms with Crippen LogP contribution in [0, 0.1) is 0 Å². The van der Waals surface area contributed by atoms with Crippen LogP contribution in [0.2, 0.25) is 0 Å². The molecule has 1 aliphatic rings. The van der Waals surface area contributed by atoms with Gasteiger partial charge in [0.1, 0.15) is 0 Å². The van der Waals surface area contributed by atoms with E-state index in [1.54, 1.807) is 0 Å². The summed E-state index contributed by atoms with van der Waals surface area (Å²) in [6.45, 7) is 7.08. The van der Waals surface area contributed by atoms with E-state index in [-0.39, 0.29) is 0 Å². The topological polar surface area (TPSA) is 24.5 Å². The van der Waals surface area contributed by atoms with Gasteiger partial charge in [0.05, 0.1) is 13.2 Å². The first kappa shape index (κ1) is 14.5. The first-order valence-corrected chi connectivity index (χ1v) is 7.40. The maximum absolute atomic E-state index is 5.47. The Labute approximate surface area is 116 Å². The molecule has 1 saturated heterocycles. The van der Waals surface area contributed by atoms with E-state index in [0.29, 0.717) is 6.04 Å².